The fourth-order valence-electron chi connectivity index (χ4n) is 3.58. The largest absolute Gasteiger partial charge is 0.340 e. The van der Waals surface area contributed by atoms with Gasteiger partial charge in [0.05, 0.1) is 16.4 Å². The highest BCUT2D eigenvalue weighted by molar-refractivity contribution is 6.33. The monoisotopic (exact) mass is 457 g/mol. The Bertz CT molecular complexity index is 1340. The number of aryl methyl sites for hydroxylation is 3. The van der Waals surface area contributed by atoms with Gasteiger partial charge in [-0.2, -0.15) is 5.10 Å². The van der Waals surface area contributed by atoms with Crippen molar-refractivity contribution in [2.24, 2.45) is 7.05 Å². The van der Waals surface area contributed by atoms with Crippen LogP contribution in [-0.4, -0.2) is 20.7 Å². The van der Waals surface area contributed by atoms with Gasteiger partial charge < -0.3 is 10.6 Å². The lowest BCUT2D eigenvalue weighted by atomic mass is 10.0. The number of carbonyl (C=O) groups is 1. The number of benzene rings is 2. The molecule has 0 fully saturated rings. The normalized spacial score (nSPS) is 10.7. The van der Waals surface area contributed by atoms with Crippen molar-refractivity contribution in [1.29, 1.82) is 0 Å². The number of rotatable bonds is 6. The zero-order valence-electron chi connectivity index (χ0n) is 18.7. The quantitative estimate of drug-likeness (QED) is 0.367. The number of hydrogen-bond acceptors (Lipinski definition) is 4. The van der Waals surface area contributed by atoms with Gasteiger partial charge in [-0.15, -0.1) is 0 Å². The average molecular weight is 458 g/mol. The fourth-order valence-corrected chi connectivity index (χ4v) is 3.79. The van der Waals surface area contributed by atoms with E-state index in [1.807, 2.05) is 63.4 Å². The van der Waals surface area contributed by atoms with Gasteiger partial charge in [0.1, 0.15) is 5.82 Å². The van der Waals surface area contributed by atoms with Crippen LogP contribution in [0.25, 0.3) is 17.0 Å². The molecule has 166 valence electrons. The van der Waals surface area contributed by atoms with E-state index in [0.717, 1.165) is 39.6 Å². The number of anilines is 2. The molecular weight excluding hydrogens is 434 g/mol. The Balaban J connectivity index is 1.51. The van der Waals surface area contributed by atoms with Crippen LogP contribution in [-0.2, 0) is 7.05 Å². The van der Waals surface area contributed by atoms with Crippen molar-refractivity contribution in [1.82, 2.24) is 14.8 Å². The molecule has 4 rings (SSSR count). The third kappa shape index (κ3) is 4.96. The molecule has 2 aromatic carbocycles. The van der Waals surface area contributed by atoms with Crippen molar-refractivity contribution < 1.29 is 4.79 Å². The summed E-state index contributed by atoms with van der Waals surface area (Å²) in [7, 11) is 1.87. The molecule has 0 aliphatic carbocycles. The molecule has 6 nitrogen and oxygen atoms in total. The minimum absolute atomic E-state index is 0.200. The van der Waals surface area contributed by atoms with E-state index in [0.29, 0.717) is 16.3 Å². The number of amides is 1. The summed E-state index contributed by atoms with van der Waals surface area (Å²) in [6.45, 7) is 7.97. The lowest BCUT2D eigenvalue weighted by Crippen LogP contribution is -2.14. The van der Waals surface area contributed by atoms with Crippen molar-refractivity contribution in [3.05, 3.63) is 101 Å². The van der Waals surface area contributed by atoms with E-state index in [1.54, 1.807) is 29.1 Å². The first-order chi connectivity index (χ1) is 15.8. The molecule has 0 bridgehead atoms. The minimum Gasteiger partial charge on any atom is -0.340 e. The topological polar surface area (TPSA) is 71.8 Å². The first-order valence-electron chi connectivity index (χ1n) is 10.4. The van der Waals surface area contributed by atoms with E-state index in [2.05, 4.69) is 27.3 Å². The lowest BCUT2D eigenvalue weighted by Gasteiger charge is -2.13. The Hall–Kier alpha value is -3.90. The van der Waals surface area contributed by atoms with Gasteiger partial charge in [0.25, 0.3) is 5.91 Å². The van der Waals surface area contributed by atoms with Gasteiger partial charge in [-0.05, 0) is 67.4 Å². The summed E-state index contributed by atoms with van der Waals surface area (Å²) >= 11 is 6.35. The molecular formula is C26H24ClN5O. The number of nitrogens with one attached hydrogen (secondary N) is 2. The van der Waals surface area contributed by atoms with Crippen LogP contribution >= 0.6 is 11.6 Å². The molecule has 0 saturated carbocycles. The Kier molecular flexibility index (Phi) is 6.29. The standard InChI is InChI=1S/C26H24ClN5O/c1-16-13-19(18(3)29-25-14-17(2)31-32(25)4)8-10-21(16)26(33)30-20-9-11-23(27)22(15-20)24-7-5-6-12-28-24/h5-15,29H,3H2,1-2,4H3,(H,30,33). The number of hydrogen-bond donors (Lipinski definition) is 2. The molecule has 33 heavy (non-hydrogen) atoms. The van der Waals surface area contributed by atoms with Crippen molar-refractivity contribution in [3.8, 4) is 11.3 Å². The van der Waals surface area contributed by atoms with Gasteiger partial charge in [-0.3, -0.25) is 14.5 Å². The zero-order valence-corrected chi connectivity index (χ0v) is 19.4. The first kappa shape index (κ1) is 22.3. The van der Waals surface area contributed by atoms with Crippen molar-refractivity contribution in [3.63, 3.8) is 0 Å². The third-order valence-corrected chi connectivity index (χ3v) is 5.60. The highest BCUT2D eigenvalue weighted by Gasteiger charge is 2.13. The molecule has 2 heterocycles. The van der Waals surface area contributed by atoms with Crippen LogP contribution in [0.1, 0.15) is 27.2 Å². The number of aromatic nitrogens is 3. The molecule has 7 heteroatoms. The van der Waals surface area contributed by atoms with Crippen molar-refractivity contribution in [2.75, 3.05) is 10.6 Å². The number of halogens is 1. The maximum absolute atomic E-state index is 13.0. The third-order valence-electron chi connectivity index (χ3n) is 5.27. The molecule has 0 saturated heterocycles. The summed E-state index contributed by atoms with van der Waals surface area (Å²) in [6, 6.07) is 18.5. The summed E-state index contributed by atoms with van der Waals surface area (Å²) < 4.78 is 1.76. The summed E-state index contributed by atoms with van der Waals surface area (Å²) in [5.74, 6) is 0.651. The highest BCUT2D eigenvalue weighted by atomic mass is 35.5. The summed E-state index contributed by atoms with van der Waals surface area (Å²) in [4.78, 5) is 17.3. The second kappa shape index (κ2) is 9.30. The van der Waals surface area contributed by atoms with Crippen LogP contribution < -0.4 is 10.6 Å². The Morgan fingerprint density at radius 1 is 1.03 bits per heavy atom. The maximum atomic E-state index is 13.0. The van der Waals surface area contributed by atoms with E-state index in [9.17, 15) is 4.79 Å². The SMILES string of the molecule is C=C(Nc1cc(C)nn1C)c1ccc(C(=O)Nc2ccc(Cl)c(-c3ccccn3)c2)c(C)c1. The molecule has 0 unspecified atom stereocenters. The molecule has 2 aromatic heterocycles. The van der Waals surface area contributed by atoms with Crippen molar-refractivity contribution in [2.45, 2.75) is 13.8 Å². The molecule has 4 aromatic rings. The van der Waals surface area contributed by atoms with Gasteiger partial charge in [0, 0.05) is 41.8 Å². The van der Waals surface area contributed by atoms with Gasteiger partial charge >= 0.3 is 0 Å². The molecule has 0 radical (unpaired) electrons. The fraction of sp³-hybridized carbons (Fsp3) is 0.115. The maximum Gasteiger partial charge on any atom is 0.255 e. The molecule has 0 spiro atoms. The van der Waals surface area contributed by atoms with Crippen LogP contribution in [0.5, 0.6) is 0 Å². The van der Waals surface area contributed by atoms with Crippen LogP contribution in [0.3, 0.4) is 0 Å². The van der Waals surface area contributed by atoms with Crippen molar-refractivity contribution >= 4 is 34.7 Å². The summed E-state index contributed by atoms with van der Waals surface area (Å²) in [5, 5.41) is 11.1. The van der Waals surface area contributed by atoms with Gasteiger partial charge in [-0.25, -0.2) is 0 Å². The second-order valence-electron chi connectivity index (χ2n) is 7.79. The highest BCUT2D eigenvalue weighted by Crippen LogP contribution is 2.29. The van der Waals surface area contributed by atoms with Gasteiger partial charge in [-0.1, -0.05) is 30.3 Å². The van der Waals surface area contributed by atoms with Gasteiger partial charge in [0.2, 0.25) is 0 Å². The average Bonchev–Trinajstić information content (AvgIpc) is 3.11. The molecule has 0 aliphatic heterocycles. The van der Waals surface area contributed by atoms with E-state index >= 15 is 0 Å². The zero-order chi connectivity index (χ0) is 23.5. The summed E-state index contributed by atoms with van der Waals surface area (Å²) in [5.41, 5.74) is 6.11. The Morgan fingerprint density at radius 2 is 1.85 bits per heavy atom. The van der Waals surface area contributed by atoms with Crippen LogP contribution in [0.15, 0.2) is 73.4 Å². The van der Waals surface area contributed by atoms with E-state index in [4.69, 9.17) is 11.6 Å². The molecule has 0 aliphatic rings. The predicted octanol–water partition coefficient (Wildman–Crippen LogP) is 6.09. The van der Waals surface area contributed by atoms with E-state index in [1.165, 1.54) is 0 Å². The molecule has 2 N–H and O–H groups in total. The molecule has 0 atom stereocenters. The first-order valence-corrected chi connectivity index (χ1v) is 10.8. The number of pyridine rings is 1. The van der Waals surface area contributed by atoms with Crippen LogP contribution in [0.4, 0.5) is 11.5 Å². The summed E-state index contributed by atoms with van der Waals surface area (Å²) in [6.07, 6.45) is 1.71. The second-order valence-corrected chi connectivity index (χ2v) is 8.20. The predicted molar refractivity (Wildman–Crippen MR) is 134 cm³/mol. The number of carbonyl (C=O) groups excluding carboxylic acids is 1. The number of nitrogens with zero attached hydrogens (tertiary/aromatic N) is 3. The smallest absolute Gasteiger partial charge is 0.255 e. The van der Waals surface area contributed by atoms with Crippen LogP contribution in [0, 0.1) is 13.8 Å². The minimum atomic E-state index is -0.200. The van der Waals surface area contributed by atoms with E-state index in [-0.39, 0.29) is 5.91 Å². The Morgan fingerprint density at radius 3 is 2.52 bits per heavy atom. The van der Waals surface area contributed by atoms with Crippen LogP contribution in [0.2, 0.25) is 5.02 Å². The van der Waals surface area contributed by atoms with Gasteiger partial charge in [0.15, 0.2) is 0 Å². The lowest BCUT2D eigenvalue weighted by molar-refractivity contribution is 0.102. The Labute approximate surface area is 197 Å². The van der Waals surface area contributed by atoms with E-state index < -0.39 is 0 Å². The molecule has 1 amide bonds.